The zero-order chi connectivity index (χ0) is 10.4. The first-order chi connectivity index (χ1) is 6.75. The first-order valence-corrected chi connectivity index (χ1v) is 5.99. The van der Waals surface area contributed by atoms with E-state index in [1.807, 2.05) is 0 Å². The van der Waals surface area contributed by atoms with Crippen LogP contribution in [0, 0.1) is 10.1 Å². The molecule has 1 aromatic heterocycles. The molecule has 6 heteroatoms. The summed E-state index contributed by atoms with van der Waals surface area (Å²) in [5, 5.41) is 10.5. The van der Waals surface area contributed by atoms with Gasteiger partial charge < -0.3 is 10.1 Å². The molecule has 0 aliphatic heterocycles. The van der Waals surface area contributed by atoms with E-state index in [1.165, 1.54) is 12.6 Å². The Morgan fingerprint density at radius 2 is 2.29 bits per heavy atom. The average molecular weight is 309 g/mol. The summed E-state index contributed by atoms with van der Waals surface area (Å²) in [6.45, 7) is 0.687. The minimum absolute atomic E-state index is 0.0560. The van der Waals surface area contributed by atoms with Crippen LogP contribution in [-0.4, -0.2) is 18.9 Å². The second kappa shape index (κ2) is 5.94. The first-order valence-electron chi connectivity index (χ1n) is 4.47. The lowest BCUT2D eigenvalue weighted by Gasteiger charge is -2.00. The molecule has 0 amide bonds. The molecule has 0 unspecified atom stereocenters. The number of rotatable bonds is 6. The highest BCUT2D eigenvalue weighted by molar-refractivity contribution is 14.1. The smallest absolute Gasteiger partial charge is 0.390 e. The van der Waals surface area contributed by atoms with Crippen molar-refractivity contribution in [2.45, 2.75) is 25.8 Å². The number of hydrogen-bond donors (Lipinski definition) is 0. The van der Waals surface area contributed by atoms with Crippen molar-refractivity contribution in [3.05, 3.63) is 22.5 Å². The number of nitrogens with zero attached hydrogens (tertiary/aromatic N) is 3. The highest BCUT2D eigenvalue weighted by Gasteiger charge is 2.12. The number of aryl methyl sites for hydroxylation is 1. The van der Waals surface area contributed by atoms with Crippen LogP contribution in [-0.2, 0) is 6.54 Å². The average Bonchev–Trinajstić information content (AvgIpc) is 2.60. The number of unbranched alkanes of at least 4 members (excludes halogenated alkanes) is 2. The molecular weight excluding hydrogens is 297 g/mol. The van der Waals surface area contributed by atoms with E-state index in [0.717, 1.165) is 17.3 Å². The Bertz CT molecular complexity index is 301. The summed E-state index contributed by atoms with van der Waals surface area (Å²) >= 11 is 2.33. The third kappa shape index (κ3) is 3.24. The lowest BCUT2D eigenvalue weighted by Crippen LogP contribution is -2.02. The topological polar surface area (TPSA) is 61.0 Å². The van der Waals surface area contributed by atoms with Gasteiger partial charge in [0.15, 0.2) is 0 Å². The summed E-state index contributed by atoms with van der Waals surface area (Å²) in [5.41, 5.74) is 0. The zero-order valence-electron chi connectivity index (χ0n) is 7.73. The molecule has 0 aromatic carbocycles. The normalized spacial score (nSPS) is 10.4. The quantitative estimate of drug-likeness (QED) is 0.266. The van der Waals surface area contributed by atoms with Crippen LogP contribution in [0.3, 0.4) is 0 Å². The monoisotopic (exact) mass is 309 g/mol. The van der Waals surface area contributed by atoms with Gasteiger partial charge in [0, 0.05) is 0 Å². The number of alkyl halides is 1. The molecule has 0 atom stereocenters. The molecule has 0 aliphatic carbocycles. The van der Waals surface area contributed by atoms with Gasteiger partial charge in [-0.05, 0) is 28.6 Å². The molecule has 0 bridgehead atoms. The Morgan fingerprint density at radius 1 is 1.50 bits per heavy atom. The van der Waals surface area contributed by atoms with E-state index in [0.29, 0.717) is 6.54 Å². The van der Waals surface area contributed by atoms with Crippen LogP contribution in [0.1, 0.15) is 19.3 Å². The summed E-state index contributed by atoms with van der Waals surface area (Å²) < 4.78 is 2.73. The highest BCUT2D eigenvalue weighted by Crippen LogP contribution is 2.09. The van der Waals surface area contributed by atoms with Crippen molar-refractivity contribution in [3.8, 4) is 0 Å². The summed E-state index contributed by atoms with van der Waals surface area (Å²) in [4.78, 5) is 13.7. The highest BCUT2D eigenvalue weighted by atomic mass is 127. The molecule has 14 heavy (non-hydrogen) atoms. The van der Waals surface area contributed by atoms with Crippen LogP contribution < -0.4 is 0 Å². The van der Waals surface area contributed by atoms with Crippen molar-refractivity contribution in [3.63, 3.8) is 0 Å². The molecule has 78 valence electrons. The lowest BCUT2D eigenvalue weighted by molar-refractivity contribution is -0.396. The maximum Gasteiger partial charge on any atom is 0.434 e. The van der Waals surface area contributed by atoms with Crippen molar-refractivity contribution in [1.29, 1.82) is 0 Å². The van der Waals surface area contributed by atoms with Gasteiger partial charge in [-0.1, -0.05) is 27.6 Å². The Kier molecular flexibility index (Phi) is 4.85. The van der Waals surface area contributed by atoms with Crippen molar-refractivity contribution in [2.24, 2.45) is 0 Å². The van der Waals surface area contributed by atoms with Crippen LogP contribution in [0.15, 0.2) is 12.4 Å². The molecule has 0 saturated heterocycles. The molecule has 5 nitrogen and oxygen atoms in total. The van der Waals surface area contributed by atoms with E-state index < -0.39 is 4.92 Å². The second-order valence-corrected chi connectivity index (χ2v) is 4.01. The fraction of sp³-hybridized carbons (Fsp3) is 0.625. The molecule has 0 spiro atoms. The van der Waals surface area contributed by atoms with E-state index in [4.69, 9.17) is 0 Å². The van der Waals surface area contributed by atoms with Crippen LogP contribution >= 0.6 is 22.6 Å². The minimum atomic E-state index is -0.446. The SMILES string of the molecule is O=[N+]([O-])c1nccn1CCCCCI. The van der Waals surface area contributed by atoms with Gasteiger partial charge in [-0.3, -0.25) is 0 Å². The number of nitro groups is 1. The van der Waals surface area contributed by atoms with E-state index >= 15 is 0 Å². The number of halogens is 1. The van der Waals surface area contributed by atoms with E-state index in [9.17, 15) is 10.1 Å². The van der Waals surface area contributed by atoms with Crippen LogP contribution in [0.2, 0.25) is 0 Å². The van der Waals surface area contributed by atoms with Crippen LogP contribution in [0.5, 0.6) is 0 Å². The molecule has 1 aromatic rings. The van der Waals surface area contributed by atoms with Crippen molar-refractivity contribution >= 4 is 28.5 Å². The van der Waals surface area contributed by atoms with Gasteiger partial charge in [0.25, 0.3) is 0 Å². The first kappa shape index (κ1) is 11.4. The van der Waals surface area contributed by atoms with Gasteiger partial charge in [-0.25, -0.2) is 4.57 Å². The van der Waals surface area contributed by atoms with Crippen molar-refractivity contribution in [1.82, 2.24) is 9.55 Å². The zero-order valence-corrected chi connectivity index (χ0v) is 9.88. The van der Waals surface area contributed by atoms with Gasteiger partial charge in [-0.15, -0.1) is 0 Å². The molecular formula is C8H12IN3O2. The third-order valence-corrected chi connectivity index (χ3v) is 2.65. The lowest BCUT2D eigenvalue weighted by atomic mass is 10.2. The van der Waals surface area contributed by atoms with E-state index in [1.54, 1.807) is 10.8 Å². The minimum Gasteiger partial charge on any atom is -0.390 e. The molecule has 0 fully saturated rings. The molecule has 1 rings (SSSR count). The van der Waals surface area contributed by atoms with Crippen LogP contribution in [0.4, 0.5) is 5.95 Å². The Balaban J connectivity index is 2.42. The van der Waals surface area contributed by atoms with Gasteiger partial charge in [0.2, 0.25) is 0 Å². The molecule has 0 N–H and O–H groups in total. The number of imidazole rings is 1. The van der Waals surface area contributed by atoms with E-state index in [2.05, 4.69) is 27.6 Å². The Labute approximate surface area is 95.8 Å². The molecule has 1 heterocycles. The van der Waals surface area contributed by atoms with Crippen molar-refractivity contribution < 1.29 is 4.92 Å². The third-order valence-electron chi connectivity index (χ3n) is 1.89. The Hall–Kier alpha value is -0.660. The number of aromatic nitrogens is 2. The Morgan fingerprint density at radius 3 is 2.93 bits per heavy atom. The second-order valence-electron chi connectivity index (χ2n) is 2.93. The van der Waals surface area contributed by atoms with E-state index in [-0.39, 0.29) is 5.95 Å². The molecule has 0 aliphatic rings. The fourth-order valence-electron chi connectivity index (χ4n) is 1.20. The summed E-state index contributed by atoms with van der Waals surface area (Å²) in [6, 6.07) is 0. The van der Waals surface area contributed by atoms with Gasteiger partial charge >= 0.3 is 5.95 Å². The molecule has 0 saturated carbocycles. The predicted octanol–water partition coefficient (Wildman–Crippen LogP) is 2.40. The largest absolute Gasteiger partial charge is 0.434 e. The maximum atomic E-state index is 10.5. The van der Waals surface area contributed by atoms with Gasteiger partial charge in [0.05, 0.1) is 6.54 Å². The molecule has 0 radical (unpaired) electrons. The summed E-state index contributed by atoms with van der Waals surface area (Å²) in [5.74, 6) is -0.0560. The summed E-state index contributed by atoms with van der Waals surface area (Å²) in [6.07, 6.45) is 6.38. The van der Waals surface area contributed by atoms with Crippen LogP contribution in [0.25, 0.3) is 0 Å². The fourth-order valence-corrected chi connectivity index (χ4v) is 1.74. The van der Waals surface area contributed by atoms with Gasteiger partial charge in [0.1, 0.15) is 12.4 Å². The standard InChI is InChI=1S/C8H12IN3O2/c9-4-2-1-3-6-11-7-5-10-8(11)12(13)14/h5,7H,1-4,6H2. The van der Waals surface area contributed by atoms with Crippen molar-refractivity contribution in [2.75, 3.05) is 4.43 Å². The summed E-state index contributed by atoms with van der Waals surface area (Å²) in [7, 11) is 0. The predicted molar refractivity (Wildman–Crippen MR) is 61.6 cm³/mol. The van der Waals surface area contributed by atoms with Gasteiger partial charge in [-0.2, -0.15) is 0 Å². The maximum absolute atomic E-state index is 10.5. The number of hydrogen-bond acceptors (Lipinski definition) is 3.